The van der Waals surface area contributed by atoms with Gasteiger partial charge in [0.05, 0.1) is 23.4 Å². The van der Waals surface area contributed by atoms with Crippen LogP contribution in [0, 0.1) is 0 Å². The van der Waals surface area contributed by atoms with Crippen molar-refractivity contribution in [2.24, 2.45) is 0 Å². The largest absolute Gasteiger partial charge is 0.494 e. The van der Waals surface area contributed by atoms with E-state index in [1.807, 2.05) is 30.5 Å². The molecular weight excluding hydrogens is 362 g/mol. The molecule has 0 radical (unpaired) electrons. The van der Waals surface area contributed by atoms with E-state index in [0.29, 0.717) is 26.1 Å². The maximum Gasteiger partial charge on any atom is 0.305 e. The highest BCUT2D eigenvalue weighted by atomic mass is 32.1. The topological polar surface area (TPSA) is 73.3 Å². The van der Waals surface area contributed by atoms with Crippen molar-refractivity contribution in [1.82, 2.24) is 9.97 Å². The van der Waals surface area contributed by atoms with Gasteiger partial charge in [-0.25, -0.2) is 9.97 Å². The lowest BCUT2D eigenvalue weighted by Crippen LogP contribution is -2.07. The van der Waals surface area contributed by atoms with Gasteiger partial charge >= 0.3 is 5.97 Å². The predicted molar refractivity (Wildman–Crippen MR) is 107 cm³/mol. The van der Waals surface area contributed by atoms with E-state index in [2.05, 4.69) is 27.4 Å². The highest BCUT2D eigenvalue weighted by Crippen LogP contribution is 2.24. The Balaban J connectivity index is 1.40. The van der Waals surface area contributed by atoms with Crippen LogP contribution in [-0.2, 0) is 16.0 Å². The Hall–Kier alpha value is -2.67. The van der Waals surface area contributed by atoms with Gasteiger partial charge in [0.15, 0.2) is 0 Å². The fourth-order valence-electron chi connectivity index (χ4n) is 2.63. The predicted octanol–water partition coefficient (Wildman–Crippen LogP) is 4.07. The smallest absolute Gasteiger partial charge is 0.305 e. The number of nitrogens with one attached hydrogen (secondary N) is 1. The first-order valence-corrected chi connectivity index (χ1v) is 9.93. The third kappa shape index (κ3) is 5.65. The number of esters is 1. The van der Waals surface area contributed by atoms with Gasteiger partial charge < -0.3 is 14.8 Å². The number of aromatic nitrogens is 2. The number of thiophene rings is 1. The van der Waals surface area contributed by atoms with Gasteiger partial charge in [-0.1, -0.05) is 12.1 Å². The lowest BCUT2D eigenvalue weighted by atomic mass is 10.1. The summed E-state index contributed by atoms with van der Waals surface area (Å²) < 4.78 is 11.6. The minimum Gasteiger partial charge on any atom is -0.494 e. The van der Waals surface area contributed by atoms with Crippen molar-refractivity contribution < 1.29 is 14.3 Å². The molecule has 1 aromatic carbocycles. The molecule has 0 saturated carbocycles. The second kappa shape index (κ2) is 9.87. The van der Waals surface area contributed by atoms with Crippen molar-refractivity contribution in [1.29, 1.82) is 0 Å². The molecule has 3 rings (SSSR count). The number of nitrogens with zero attached hydrogens (tertiary/aromatic N) is 2. The molecule has 27 heavy (non-hydrogen) atoms. The number of carbonyl (C=O) groups is 1. The average Bonchev–Trinajstić information content (AvgIpc) is 3.16. The molecule has 0 bridgehead atoms. The molecule has 0 atom stereocenters. The van der Waals surface area contributed by atoms with Crippen LogP contribution in [0.1, 0.15) is 25.3 Å². The Morgan fingerprint density at radius 2 is 2.04 bits per heavy atom. The van der Waals surface area contributed by atoms with E-state index in [1.165, 1.54) is 5.56 Å². The first kappa shape index (κ1) is 19.1. The molecule has 0 aliphatic rings. The van der Waals surface area contributed by atoms with Crippen LogP contribution in [0.25, 0.3) is 10.2 Å². The molecule has 2 heterocycles. The van der Waals surface area contributed by atoms with Crippen LogP contribution in [0.15, 0.2) is 42.0 Å². The van der Waals surface area contributed by atoms with Crippen molar-refractivity contribution in [3.05, 3.63) is 47.6 Å². The number of hydrogen-bond donors (Lipinski definition) is 1. The monoisotopic (exact) mass is 385 g/mol. The number of anilines is 1. The Morgan fingerprint density at radius 1 is 1.19 bits per heavy atom. The molecule has 0 saturated heterocycles. The van der Waals surface area contributed by atoms with Gasteiger partial charge in [0.2, 0.25) is 0 Å². The van der Waals surface area contributed by atoms with Gasteiger partial charge in [0.25, 0.3) is 0 Å². The first-order chi connectivity index (χ1) is 13.3. The molecule has 1 N–H and O–H groups in total. The summed E-state index contributed by atoms with van der Waals surface area (Å²) in [4.78, 5) is 19.8. The molecular formula is C20H23N3O3S. The van der Waals surface area contributed by atoms with E-state index in [1.54, 1.807) is 17.7 Å². The average molecular weight is 385 g/mol. The van der Waals surface area contributed by atoms with Gasteiger partial charge in [-0.05, 0) is 48.9 Å². The van der Waals surface area contributed by atoms with Crippen LogP contribution >= 0.6 is 11.3 Å². The van der Waals surface area contributed by atoms with Crippen LogP contribution in [0.2, 0.25) is 0 Å². The fourth-order valence-corrected chi connectivity index (χ4v) is 3.44. The van der Waals surface area contributed by atoms with Crippen molar-refractivity contribution in [3.8, 4) is 5.75 Å². The summed E-state index contributed by atoms with van der Waals surface area (Å²) in [7, 11) is 0. The molecule has 7 heteroatoms. The molecule has 0 aliphatic heterocycles. The zero-order chi connectivity index (χ0) is 18.9. The quantitative estimate of drug-likeness (QED) is 0.419. The maximum absolute atomic E-state index is 11.3. The van der Waals surface area contributed by atoms with E-state index < -0.39 is 0 Å². The van der Waals surface area contributed by atoms with E-state index in [0.717, 1.165) is 34.7 Å². The third-order valence-electron chi connectivity index (χ3n) is 3.97. The van der Waals surface area contributed by atoms with E-state index in [4.69, 9.17) is 9.47 Å². The summed E-state index contributed by atoms with van der Waals surface area (Å²) in [5, 5.41) is 5.41. The second-order valence-corrected chi connectivity index (χ2v) is 6.85. The number of hydrogen-bond acceptors (Lipinski definition) is 7. The lowest BCUT2D eigenvalue weighted by molar-refractivity contribution is -0.143. The van der Waals surface area contributed by atoms with Crippen LogP contribution in [-0.4, -0.2) is 35.7 Å². The highest BCUT2D eigenvalue weighted by molar-refractivity contribution is 7.17. The van der Waals surface area contributed by atoms with Gasteiger partial charge in [0.1, 0.15) is 17.9 Å². The van der Waals surface area contributed by atoms with Gasteiger partial charge in [0, 0.05) is 13.0 Å². The summed E-state index contributed by atoms with van der Waals surface area (Å²) in [5.41, 5.74) is 2.19. The molecule has 0 fully saturated rings. The Morgan fingerprint density at radius 3 is 2.85 bits per heavy atom. The number of carbonyl (C=O) groups excluding carboxylic acids is 1. The van der Waals surface area contributed by atoms with Gasteiger partial charge in [-0.3, -0.25) is 4.79 Å². The first-order valence-electron chi connectivity index (χ1n) is 9.05. The molecule has 0 aliphatic carbocycles. The molecule has 142 valence electrons. The van der Waals surface area contributed by atoms with Crippen molar-refractivity contribution in [2.75, 3.05) is 25.1 Å². The lowest BCUT2D eigenvalue weighted by Gasteiger charge is -2.08. The van der Waals surface area contributed by atoms with Crippen LogP contribution < -0.4 is 10.1 Å². The summed E-state index contributed by atoms with van der Waals surface area (Å²) in [6.07, 6.45) is 3.52. The number of ether oxygens (including phenoxy) is 2. The van der Waals surface area contributed by atoms with Gasteiger partial charge in [-0.15, -0.1) is 11.3 Å². The van der Waals surface area contributed by atoms with Crippen molar-refractivity contribution in [3.63, 3.8) is 0 Å². The second-order valence-electron chi connectivity index (χ2n) is 5.94. The highest BCUT2D eigenvalue weighted by Gasteiger charge is 2.05. The van der Waals surface area contributed by atoms with E-state index >= 15 is 0 Å². The van der Waals surface area contributed by atoms with Gasteiger partial charge in [-0.2, -0.15) is 0 Å². The van der Waals surface area contributed by atoms with Crippen molar-refractivity contribution in [2.45, 2.75) is 26.2 Å². The molecule has 6 nitrogen and oxygen atoms in total. The Bertz CT molecular complexity index is 864. The molecule has 3 aromatic rings. The summed E-state index contributed by atoms with van der Waals surface area (Å²) in [6.45, 7) is 3.53. The standard InChI is InChI=1S/C20H23N3O3S/c1-2-25-18(24)4-3-12-26-16-7-5-15(6-8-16)9-11-21-20-19-17(10-13-27-19)22-14-23-20/h5-8,10,13-14H,2-4,9,11-12H2,1H3,(H,21,22,23). The summed E-state index contributed by atoms with van der Waals surface area (Å²) in [6, 6.07) is 10.0. The number of fused-ring (bicyclic) bond motifs is 1. The van der Waals surface area contributed by atoms with Crippen LogP contribution in [0.5, 0.6) is 5.75 Å². The zero-order valence-electron chi connectivity index (χ0n) is 15.3. The minimum atomic E-state index is -0.174. The van der Waals surface area contributed by atoms with Crippen molar-refractivity contribution >= 4 is 33.3 Å². The molecule has 2 aromatic heterocycles. The van der Waals surface area contributed by atoms with Crippen LogP contribution in [0.4, 0.5) is 5.82 Å². The number of rotatable bonds is 10. The zero-order valence-corrected chi connectivity index (χ0v) is 16.1. The molecule has 0 amide bonds. The number of benzene rings is 1. The molecule has 0 unspecified atom stereocenters. The Kier molecular flexibility index (Phi) is 6.98. The fraction of sp³-hybridized carbons (Fsp3) is 0.350. The third-order valence-corrected chi connectivity index (χ3v) is 4.88. The van der Waals surface area contributed by atoms with E-state index in [9.17, 15) is 4.79 Å². The summed E-state index contributed by atoms with van der Waals surface area (Å²) in [5.74, 6) is 1.52. The summed E-state index contributed by atoms with van der Waals surface area (Å²) >= 11 is 1.64. The normalized spacial score (nSPS) is 10.7. The van der Waals surface area contributed by atoms with Crippen LogP contribution in [0.3, 0.4) is 0 Å². The minimum absolute atomic E-state index is 0.174. The Labute approximate surface area is 162 Å². The SMILES string of the molecule is CCOC(=O)CCCOc1ccc(CCNc2ncnc3ccsc23)cc1. The molecule has 0 spiro atoms. The maximum atomic E-state index is 11.3. The van der Waals surface area contributed by atoms with E-state index in [-0.39, 0.29) is 5.97 Å².